The van der Waals surface area contributed by atoms with Gasteiger partial charge in [-0.2, -0.15) is 0 Å². The Morgan fingerprint density at radius 3 is 2.50 bits per heavy atom. The van der Waals surface area contributed by atoms with Gasteiger partial charge in [-0.3, -0.25) is 9.59 Å². The van der Waals surface area contributed by atoms with Crippen molar-refractivity contribution in [1.82, 2.24) is 0 Å². The molecule has 2 aromatic rings. The molecule has 0 amide bonds. The van der Waals surface area contributed by atoms with Crippen molar-refractivity contribution in [3.8, 4) is 0 Å². The average Bonchev–Trinajstić information content (AvgIpc) is 2.93. The van der Waals surface area contributed by atoms with Crippen LogP contribution in [0.5, 0.6) is 0 Å². The van der Waals surface area contributed by atoms with E-state index in [0.29, 0.717) is 12.0 Å². The average molecular weight is 320 g/mol. The summed E-state index contributed by atoms with van der Waals surface area (Å²) < 4.78 is 0. The lowest BCUT2D eigenvalue weighted by molar-refractivity contribution is -0.137. The van der Waals surface area contributed by atoms with E-state index < -0.39 is 5.97 Å². The molecule has 0 saturated heterocycles. The van der Waals surface area contributed by atoms with Gasteiger partial charge in [0.05, 0.1) is 0 Å². The molecule has 1 atom stereocenters. The monoisotopic (exact) mass is 320 g/mol. The third kappa shape index (κ3) is 3.30. The van der Waals surface area contributed by atoms with Crippen LogP contribution < -0.4 is 0 Å². The molecule has 3 nitrogen and oxygen atoms in total. The second kappa shape index (κ2) is 6.83. The molecule has 1 aliphatic carbocycles. The maximum absolute atomic E-state index is 11.7. The van der Waals surface area contributed by atoms with Crippen LogP contribution in [-0.2, 0) is 4.79 Å². The van der Waals surface area contributed by atoms with Crippen LogP contribution in [0.2, 0.25) is 0 Å². The van der Waals surface area contributed by atoms with Crippen LogP contribution in [0, 0.1) is 0 Å². The first-order valence-electron chi connectivity index (χ1n) is 8.20. The number of Topliss-reactive ketones (excluding diaryl/α,β-unsaturated/α-hetero) is 1. The SMILES string of the molecule is CC(=O)c1ccc2c(c1)C(CCCC(=O)O)C(c1ccccc1)=C2. The largest absolute Gasteiger partial charge is 0.481 e. The number of allylic oxidation sites excluding steroid dienone is 1. The summed E-state index contributed by atoms with van der Waals surface area (Å²) in [5.74, 6) is -0.577. The van der Waals surface area contributed by atoms with Gasteiger partial charge >= 0.3 is 5.97 Å². The Balaban J connectivity index is 1.96. The summed E-state index contributed by atoms with van der Waals surface area (Å²) in [6.45, 7) is 1.57. The number of fused-ring (bicyclic) bond motifs is 1. The second-order valence-electron chi connectivity index (χ2n) is 6.20. The molecule has 2 aromatic carbocycles. The molecule has 24 heavy (non-hydrogen) atoms. The summed E-state index contributed by atoms with van der Waals surface area (Å²) in [4.78, 5) is 22.6. The molecule has 0 aliphatic heterocycles. The van der Waals surface area contributed by atoms with Crippen LogP contribution in [0.4, 0.5) is 0 Å². The molecule has 3 rings (SSSR count). The highest BCUT2D eigenvalue weighted by molar-refractivity contribution is 5.97. The summed E-state index contributed by atoms with van der Waals surface area (Å²) in [6.07, 6.45) is 3.72. The molecule has 1 aliphatic rings. The fourth-order valence-electron chi connectivity index (χ4n) is 3.35. The Bertz CT molecular complexity index is 803. The van der Waals surface area contributed by atoms with Crippen molar-refractivity contribution in [3.63, 3.8) is 0 Å². The quantitative estimate of drug-likeness (QED) is 0.779. The van der Waals surface area contributed by atoms with Gasteiger partial charge in [-0.1, -0.05) is 48.5 Å². The predicted molar refractivity (Wildman–Crippen MR) is 95.0 cm³/mol. The highest BCUT2D eigenvalue weighted by atomic mass is 16.4. The lowest BCUT2D eigenvalue weighted by Gasteiger charge is -2.17. The van der Waals surface area contributed by atoms with Crippen molar-refractivity contribution in [2.75, 3.05) is 0 Å². The number of ketones is 1. The molecule has 3 heteroatoms. The van der Waals surface area contributed by atoms with Crippen LogP contribution in [0.1, 0.15) is 59.2 Å². The number of hydrogen-bond donors (Lipinski definition) is 1. The number of carboxylic acids is 1. The summed E-state index contributed by atoms with van der Waals surface area (Å²) in [5, 5.41) is 8.92. The van der Waals surface area contributed by atoms with Crippen LogP contribution in [-0.4, -0.2) is 16.9 Å². The van der Waals surface area contributed by atoms with Gasteiger partial charge in [0.25, 0.3) is 0 Å². The number of rotatable bonds is 6. The van der Waals surface area contributed by atoms with Crippen molar-refractivity contribution >= 4 is 23.4 Å². The topological polar surface area (TPSA) is 54.4 Å². The summed E-state index contributed by atoms with van der Waals surface area (Å²) in [5.41, 5.74) is 5.32. The molecule has 1 N–H and O–H groups in total. The molecule has 122 valence electrons. The lowest BCUT2D eigenvalue weighted by Crippen LogP contribution is -2.03. The second-order valence-corrected chi connectivity index (χ2v) is 6.20. The van der Waals surface area contributed by atoms with Crippen molar-refractivity contribution in [2.24, 2.45) is 0 Å². The molecule has 0 aromatic heterocycles. The van der Waals surface area contributed by atoms with Crippen LogP contribution >= 0.6 is 0 Å². The molecule has 0 bridgehead atoms. The van der Waals surface area contributed by atoms with Crippen molar-refractivity contribution in [1.29, 1.82) is 0 Å². The molecule has 0 heterocycles. The molecule has 0 spiro atoms. The van der Waals surface area contributed by atoms with Gasteiger partial charge < -0.3 is 5.11 Å². The van der Waals surface area contributed by atoms with E-state index in [1.54, 1.807) is 6.92 Å². The van der Waals surface area contributed by atoms with Crippen LogP contribution in [0.25, 0.3) is 11.6 Å². The molecule has 1 unspecified atom stereocenters. The number of carbonyl (C=O) groups is 2. The minimum Gasteiger partial charge on any atom is -0.481 e. The Morgan fingerprint density at radius 1 is 1.08 bits per heavy atom. The van der Waals surface area contributed by atoms with Gasteiger partial charge in [0, 0.05) is 17.9 Å². The maximum Gasteiger partial charge on any atom is 0.303 e. The minimum absolute atomic E-state index is 0.0512. The number of carbonyl (C=O) groups excluding carboxylic acids is 1. The first kappa shape index (κ1) is 16.2. The Morgan fingerprint density at radius 2 is 1.83 bits per heavy atom. The smallest absolute Gasteiger partial charge is 0.303 e. The normalized spacial score (nSPS) is 15.7. The minimum atomic E-state index is -0.768. The maximum atomic E-state index is 11.7. The van der Waals surface area contributed by atoms with Gasteiger partial charge in [0.15, 0.2) is 5.78 Å². The van der Waals surface area contributed by atoms with Crippen molar-refractivity contribution < 1.29 is 14.7 Å². The highest BCUT2D eigenvalue weighted by Crippen LogP contribution is 2.45. The predicted octanol–water partition coefficient (Wildman–Crippen LogP) is 4.78. The Kier molecular flexibility index (Phi) is 4.61. The zero-order valence-electron chi connectivity index (χ0n) is 13.7. The highest BCUT2D eigenvalue weighted by Gasteiger charge is 2.26. The van der Waals surface area contributed by atoms with E-state index in [1.165, 1.54) is 5.57 Å². The van der Waals surface area contributed by atoms with E-state index >= 15 is 0 Å². The van der Waals surface area contributed by atoms with Crippen molar-refractivity contribution in [3.05, 3.63) is 70.8 Å². The molecular formula is C21H20O3. The van der Waals surface area contributed by atoms with Gasteiger partial charge in [-0.25, -0.2) is 0 Å². The van der Waals surface area contributed by atoms with Gasteiger partial charge in [0.2, 0.25) is 0 Å². The van der Waals surface area contributed by atoms with E-state index in [1.807, 2.05) is 36.4 Å². The van der Waals surface area contributed by atoms with E-state index in [-0.39, 0.29) is 18.1 Å². The number of hydrogen-bond acceptors (Lipinski definition) is 2. The third-order valence-electron chi connectivity index (χ3n) is 4.55. The molecule has 0 radical (unpaired) electrons. The zero-order valence-corrected chi connectivity index (χ0v) is 13.7. The summed E-state index contributed by atoms with van der Waals surface area (Å²) in [7, 11) is 0. The van der Waals surface area contributed by atoms with Gasteiger partial charge in [-0.15, -0.1) is 0 Å². The Hall–Kier alpha value is -2.68. The first-order valence-corrected chi connectivity index (χ1v) is 8.20. The standard InChI is InChI=1S/C21H20O3/c1-14(22)16-10-11-17-13-19(15-6-3-2-4-7-15)18(20(17)12-16)8-5-9-21(23)24/h2-4,6-7,10-13,18H,5,8-9H2,1H3,(H,23,24). The van der Waals surface area contributed by atoms with Crippen LogP contribution in [0.15, 0.2) is 48.5 Å². The van der Waals surface area contributed by atoms with E-state index in [4.69, 9.17) is 5.11 Å². The summed E-state index contributed by atoms with van der Waals surface area (Å²) >= 11 is 0. The zero-order chi connectivity index (χ0) is 17.1. The van der Waals surface area contributed by atoms with Crippen molar-refractivity contribution in [2.45, 2.75) is 32.1 Å². The first-order chi connectivity index (χ1) is 11.6. The van der Waals surface area contributed by atoms with Gasteiger partial charge in [-0.05, 0) is 48.1 Å². The molecule has 0 saturated carbocycles. The fraction of sp³-hybridized carbons (Fsp3) is 0.238. The Labute approximate surface area is 141 Å². The molecular weight excluding hydrogens is 300 g/mol. The third-order valence-corrected chi connectivity index (χ3v) is 4.55. The molecule has 0 fully saturated rings. The van der Waals surface area contributed by atoms with E-state index in [0.717, 1.165) is 23.1 Å². The van der Waals surface area contributed by atoms with Gasteiger partial charge in [0.1, 0.15) is 0 Å². The number of aliphatic carboxylic acids is 1. The van der Waals surface area contributed by atoms with E-state index in [2.05, 4.69) is 18.2 Å². The van der Waals surface area contributed by atoms with Crippen LogP contribution in [0.3, 0.4) is 0 Å². The number of carboxylic acid groups (broad SMARTS) is 1. The summed E-state index contributed by atoms with van der Waals surface area (Å²) in [6, 6.07) is 16.0. The number of benzene rings is 2. The van der Waals surface area contributed by atoms with E-state index in [9.17, 15) is 9.59 Å². The lowest BCUT2D eigenvalue weighted by atomic mass is 9.86. The fourth-order valence-corrected chi connectivity index (χ4v) is 3.35.